The van der Waals surface area contributed by atoms with Gasteiger partial charge in [-0.15, -0.1) is 0 Å². The van der Waals surface area contributed by atoms with Gasteiger partial charge in [0.1, 0.15) is 6.61 Å². The van der Waals surface area contributed by atoms with Crippen molar-refractivity contribution >= 4 is 23.2 Å². The third kappa shape index (κ3) is 7.09. The fraction of sp³-hybridized carbons (Fsp3) is 0.500. The Morgan fingerprint density at radius 1 is 0.897 bits per heavy atom. The number of ether oxygens (including phenoxy) is 2. The molecule has 0 aliphatic heterocycles. The molecule has 3 nitrogen and oxygen atoms in total. The summed E-state index contributed by atoms with van der Waals surface area (Å²) >= 11 is 12.5. The van der Waals surface area contributed by atoms with Crippen LogP contribution in [0, 0.1) is 0 Å². The first-order valence-corrected chi connectivity index (χ1v) is 11.5. The summed E-state index contributed by atoms with van der Waals surface area (Å²) in [6.07, 6.45) is 9.21. The summed E-state index contributed by atoms with van der Waals surface area (Å²) in [5.74, 6) is 1.40. The summed E-state index contributed by atoms with van der Waals surface area (Å²) in [6, 6.07) is 12.1. The fourth-order valence-electron chi connectivity index (χ4n) is 3.75. The zero-order chi connectivity index (χ0) is 20.5. The predicted octanol–water partition coefficient (Wildman–Crippen LogP) is 7.17. The van der Waals surface area contributed by atoms with Crippen LogP contribution in [0.5, 0.6) is 11.5 Å². The minimum atomic E-state index is 0.438. The Morgan fingerprint density at radius 2 is 1.55 bits per heavy atom. The van der Waals surface area contributed by atoms with Crippen molar-refractivity contribution < 1.29 is 9.47 Å². The van der Waals surface area contributed by atoms with Gasteiger partial charge in [-0.05, 0) is 49.1 Å². The Morgan fingerprint density at radius 3 is 2.24 bits per heavy atom. The van der Waals surface area contributed by atoms with Gasteiger partial charge in [0, 0.05) is 28.7 Å². The molecule has 0 unspecified atom stereocenters. The molecule has 0 atom stereocenters. The van der Waals surface area contributed by atoms with Gasteiger partial charge in [-0.1, -0.05) is 67.4 Å². The van der Waals surface area contributed by atoms with Gasteiger partial charge in [-0.3, -0.25) is 0 Å². The second-order valence-corrected chi connectivity index (χ2v) is 8.51. The molecule has 158 valence electrons. The molecule has 0 aromatic heterocycles. The zero-order valence-corrected chi connectivity index (χ0v) is 18.7. The van der Waals surface area contributed by atoms with Crippen LogP contribution in [0.4, 0.5) is 0 Å². The molecule has 0 amide bonds. The van der Waals surface area contributed by atoms with Crippen LogP contribution in [-0.4, -0.2) is 12.6 Å². The number of halogens is 2. The van der Waals surface area contributed by atoms with Crippen LogP contribution in [0.15, 0.2) is 36.4 Å². The van der Waals surface area contributed by atoms with Crippen molar-refractivity contribution in [3.8, 4) is 11.5 Å². The first-order chi connectivity index (χ1) is 14.2. The van der Waals surface area contributed by atoms with Gasteiger partial charge in [-0.25, -0.2) is 0 Å². The topological polar surface area (TPSA) is 30.5 Å². The van der Waals surface area contributed by atoms with Gasteiger partial charge < -0.3 is 14.8 Å². The van der Waals surface area contributed by atoms with E-state index in [0.29, 0.717) is 35.1 Å². The van der Waals surface area contributed by atoms with Crippen molar-refractivity contribution in [2.75, 3.05) is 6.61 Å². The van der Waals surface area contributed by atoms with Crippen molar-refractivity contribution in [2.45, 2.75) is 71.1 Å². The lowest BCUT2D eigenvalue weighted by Crippen LogP contribution is -2.29. The van der Waals surface area contributed by atoms with E-state index in [1.54, 1.807) is 0 Å². The van der Waals surface area contributed by atoms with Crippen molar-refractivity contribution in [3.05, 3.63) is 57.6 Å². The Bertz CT molecular complexity index is 756. The lowest BCUT2D eigenvalue weighted by atomic mass is 9.96. The van der Waals surface area contributed by atoms with Crippen LogP contribution in [0.1, 0.15) is 63.0 Å². The summed E-state index contributed by atoms with van der Waals surface area (Å²) in [5.41, 5.74) is 2.10. The maximum Gasteiger partial charge on any atom is 0.163 e. The summed E-state index contributed by atoms with van der Waals surface area (Å²) in [4.78, 5) is 0. The van der Waals surface area contributed by atoms with Crippen molar-refractivity contribution in [3.63, 3.8) is 0 Å². The maximum atomic E-state index is 6.59. The zero-order valence-electron chi connectivity index (χ0n) is 17.2. The van der Waals surface area contributed by atoms with E-state index in [9.17, 15) is 0 Å². The number of rotatable bonds is 8. The molecule has 0 bridgehead atoms. The smallest absolute Gasteiger partial charge is 0.163 e. The molecular weight excluding hydrogens is 405 g/mol. The summed E-state index contributed by atoms with van der Waals surface area (Å²) in [7, 11) is 0. The van der Waals surface area contributed by atoms with Crippen molar-refractivity contribution in [1.29, 1.82) is 0 Å². The quantitative estimate of drug-likeness (QED) is 0.476. The molecule has 1 fully saturated rings. The van der Waals surface area contributed by atoms with Crippen LogP contribution in [0.2, 0.25) is 10.0 Å². The molecule has 1 aliphatic carbocycles. The Balaban J connectivity index is 1.65. The molecule has 0 radical (unpaired) electrons. The maximum absolute atomic E-state index is 6.59. The average molecular weight is 436 g/mol. The largest absolute Gasteiger partial charge is 0.490 e. The monoisotopic (exact) mass is 435 g/mol. The SMILES string of the molecule is CCOc1cc(CNC2CCCCCCC2)c(Cl)cc1OCc1ccc(Cl)cc1. The Hall–Kier alpha value is -1.42. The minimum Gasteiger partial charge on any atom is -0.490 e. The third-order valence-corrected chi connectivity index (χ3v) is 6.01. The number of benzene rings is 2. The highest BCUT2D eigenvalue weighted by Crippen LogP contribution is 2.34. The van der Waals surface area contributed by atoms with Gasteiger partial charge >= 0.3 is 0 Å². The van der Waals surface area contributed by atoms with Crippen LogP contribution in [-0.2, 0) is 13.2 Å². The molecule has 1 saturated carbocycles. The van der Waals surface area contributed by atoms with E-state index in [2.05, 4.69) is 5.32 Å². The van der Waals surface area contributed by atoms with Crippen LogP contribution < -0.4 is 14.8 Å². The summed E-state index contributed by atoms with van der Waals surface area (Å²) in [6.45, 7) is 3.74. The molecule has 29 heavy (non-hydrogen) atoms. The molecule has 1 N–H and O–H groups in total. The van der Waals surface area contributed by atoms with E-state index in [4.69, 9.17) is 32.7 Å². The highest BCUT2D eigenvalue weighted by atomic mass is 35.5. The molecule has 0 spiro atoms. The van der Waals surface area contributed by atoms with E-state index >= 15 is 0 Å². The lowest BCUT2D eigenvalue weighted by molar-refractivity contribution is 0.269. The van der Waals surface area contributed by atoms with Gasteiger partial charge in [0.25, 0.3) is 0 Å². The molecule has 0 heterocycles. The number of hydrogen-bond acceptors (Lipinski definition) is 3. The van der Waals surface area contributed by atoms with Crippen LogP contribution >= 0.6 is 23.2 Å². The molecule has 1 aliphatic rings. The fourth-order valence-corrected chi connectivity index (χ4v) is 4.10. The molecular formula is C24H31Cl2NO2. The van der Waals surface area contributed by atoms with Crippen molar-refractivity contribution in [1.82, 2.24) is 5.32 Å². The van der Waals surface area contributed by atoms with E-state index in [1.165, 1.54) is 44.9 Å². The summed E-state index contributed by atoms with van der Waals surface area (Å²) < 4.78 is 11.8. The third-order valence-electron chi connectivity index (χ3n) is 5.41. The normalized spacial score (nSPS) is 15.6. The second kappa shape index (κ2) is 11.7. The van der Waals surface area contributed by atoms with E-state index in [0.717, 1.165) is 23.4 Å². The Kier molecular flexibility index (Phi) is 8.97. The minimum absolute atomic E-state index is 0.438. The average Bonchev–Trinajstić information content (AvgIpc) is 2.69. The van der Waals surface area contributed by atoms with E-state index < -0.39 is 0 Å². The summed E-state index contributed by atoms with van der Waals surface area (Å²) in [5, 5.41) is 5.13. The van der Waals surface area contributed by atoms with Crippen molar-refractivity contribution in [2.24, 2.45) is 0 Å². The lowest BCUT2D eigenvalue weighted by Gasteiger charge is -2.22. The molecule has 2 aromatic rings. The van der Waals surface area contributed by atoms with Gasteiger partial charge in [0.2, 0.25) is 0 Å². The first kappa shape index (κ1) is 22.3. The van der Waals surface area contributed by atoms with Crippen LogP contribution in [0.3, 0.4) is 0 Å². The van der Waals surface area contributed by atoms with Crippen LogP contribution in [0.25, 0.3) is 0 Å². The van der Waals surface area contributed by atoms with Gasteiger partial charge in [0.05, 0.1) is 6.61 Å². The molecule has 0 saturated heterocycles. The van der Waals surface area contributed by atoms with Gasteiger partial charge in [-0.2, -0.15) is 0 Å². The molecule has 3 rings (SSSR count). The highest BCUT2D eigenvalue weighted by Gasteiger charge is 2.15. The first-order valence-electron chi connectivity index (χ1n) is 10.7. The number of nitrogens with one attached hydrogen (secondary N) is 1. The predicted molar refractivity (Wildman–Crippen MR) is 121 cm³/mol. The Labute approximate surface area is 184 Å². The molecule has 5 heteroatoms. The number of hydrogen-bond donors (Lipinski definition) is 1. The molecule has 2 aromatic carbocycles. The van der Waals surface area contributed by atoms with E-state index in [-0.39, 0.29) is 0 Å². The second-order valence-electron chi connectivity index (χ2n) is 7.66. The van der Waals surface area contributed by atoms with E-state index in [1.807, 2.05) is 43.3 Å². The standard InChI is InChI=1S/C24H31Cl2NO2/c1-2-28-23-14-19(16-27-21-8-6-4-3-5-7-9-21)22(26)15-24(23)29-17-18-10-12-20(25)13-11-18/h10-15,21,27H,2-9,16-17H2,1H3. The van der Waals surface area contributed by atoms with Gasteiger partial charge in [0.15, 0.2) is 11.5 Å². The highest BCUT2D eigenvalue weighted by molar-refractivity contribution is 6.31.